The van der Waals surface area contributed by atoms with Gasteiger partial charge in [0.1, 0.15) is 0 Å². The van der Waals surface area contributed by atoms with Crippen molar-refractivity contribution in [1.29, 1.82) is 0 Å². The Bertz CT molecular complexity index is 58.7. The van der Waals surface area contributed by atoms with Crippen molar-refractivity contribution < 1.29 is 4.70 Å². The molecule has 0 aliphatic heterocycles. The van der Waals surface area contributed by atoms with Gasteiger partial charge in [-0.3, -0.25) is 4.70 Å². The van der Waals surface area contributed by atoms with Gasteiger partial charge in [0.15, 0.2) is 0 Å². The molecule has 2 heteroatoms. The monoisotopic (exact) mass is 177 g/mol. The molecule has 1 saturated carbocycles. The van der Waals surface area contributed by atoms with E-state index in [1.165, 1.54) is 45.3 Å². The summed E-state index contributed by atoms with van der Waals surface area (Å²) in [5.74, 6) is 0. The van der Waals surface area contributed by atoms with Crippen molar-refractivity contribution in [3.05, 3.63) is 0 Å². The Kier molecular flexibility index (Phi) is 13.1. The van der Waals surface area contributed by atoms with Crippen LogP contribution in [-0.2, 0) is 0 Å². The molecule has 0 radical (unpaired) electrons. The maximum absolute atomic E-state index is 2.38. The molecule has 0 spiro atoms. The molecule has 0 aromatic rings. The zero-order chi connectivity index (χ0) is 8.53. The molecule has 0 atom stereocenters. The summed E-state index contributed by atoms with van der Waals surface area (Å²) in [7, 11) is 0. The minimum Gasteiger partial charge on any atom is -0.304 e. The molecule has 0 amide bonds. The zero-order valence-electron chi connectivity index (χ0n) is 8.81. The first-order valence-electron chi connectivity index (χ1n) is 5.07. The molecule has 1 aliphatic carbocycles. The Morgan fingerprint density at radius 1 is 0.750 bits per heavy atom. The van der Waals surface area contributed by atoms with Crippen LogP contribution in [0.1, 0.15) is 46.5 Å². The average Bonchev–Trinajstić information content (AvgIpc) is 1.88. The predicted octanol–water partition coefficient (Wildman–Crippen LogP) is 3.06. The second-order valence-electron chi connectivity index (χ2n) is 3.03. The van der Waals surface area contributed by atoms with Crippen molar-refractivity contribution >= 4 is 0 Å². The summed E-state index contributed by atoms with van der Waals surface area (Å²) in [4.78, 5) is 2.38. The van der Waals surface area contributed by atoms with Gasteiger partial charge >= 0.3 is 0 Å². The topological polar surface area (TPSA) is 3.24 Å². The van der Waals surface area contributed by atoms with Crippen molar-refractivity contribution in [1.82, 2.24) is 4.90 Å². The fourth-order valence-electron chi connectivity index (χ4n) is 0.921. The highest BCUT2D eigenvalue weighted by Crippen LogP contribution is 2.15. The van der Waals surface area contributed by atoms with Gasteiger partial charge in [-0.05, 0) is 19.6 Å². The van der Waals surface area contributed by atoms with Crippen molar-refractivity contribution in [2.45, 2.75) is 46.5 Å². The van der Waals surface area contributed by atoms with Gasteiger partial charge in [-0.2, -0.15) is 0 Å². The lowest BCUT2D eigenvalue weighted by Gasteiger charge is -2.13. The van der Waals surface area contributed by atoms with Crippen LogP contribution >= 0.6 is 0 Å². The maximum Gasteiger partial charge on any atom is -0.00474 e. The van der Waals surface area contributed by atoms with E-state index in [0.29, 0.717) is 0 Å². The fraction of sp³-hybridized carbons (Fsp3) is 1.00. The molecule has 76 valence electrons. The Morgan fingerprint density at radius 2 is 1.00 bits per heavy atom. The summed E-state index contributed by atoms with van der Waals surface area (Å²) in [5, 5.41) is 0. The standard InChI is InChI=1S/C6H15N.C4H8.FH/c1-4-7(5-2)6-3;1-2-4-3-1;/h4-6H2,1-3H3;1-4H2;1H. The third-order valence-corrected chi connectivity index (χ3v) is 2.34. The molecule has 0 bridgehead atoms. The molecule has 1 rings (SSSR count). The fourth-order valence-corrected chi connectivity index (χ4v) is 0.921. The Balaban J connectivity index is 0. The molecule has 1 fully saturated rings. The molecule has 0 N–H and O–H groups in total. The SMILES string of the molecule is C1CCC1.CCN(CC)CC.F. The van der Waals surface area contributed by atoms with Crippen LogP contribution in [0.4, 0.5) is 4.70 Å². The van der Waals surface area contributed by atoms with E-state index in [2.05, 4.69) is 25.7 Å². The van der Waals surface area contributed by atoms with Gasteiger partial charge in [0.2, 0.25) is 0 Å². The Morgan fingerprint density at radius 3 is 1.00 bits per heavy atom. The number of hydrogen-bond donors (Lipinski definition) is 0. The Hall–Kier alpha value is -0.110. The van der Waals surface area contributed by atoms with E-state index in [-0.39, 0.29) is 4.70 Å². The van der Waals surface area contributed by atoms with Crippen LogP contribution in [0.3, 0.4) is 0 Å². The second kappa shape index (κ2) is 10.9. The van der Waals surface area contributed by atoms with Gasteiger partial charge in [-0.25, -0.2) is 0 Å². The van der Waals surface area contributed by atoms with Gasteiger partial charge < -0.3 is 4.90 Å². The van der Waals surface area contributed by atoms with E-state index in [1.807, 2.05) is 0 Å². The van der Waals surface area contributed by atoms with Crippen molar-refractivity contribution in [2.75, 3.05) is 19.6 Å². The summed E-state index contributed by atoms with van der Waals surface area (Å²) in [5.41, 5.74) is 0. The summed E-state index contributed by atoms with van der Waals surface area (Å²) in [6, 6.07) is 0. The van der Waals surface area contributed by atoms with Crippen molar-refractivity contribution in [3.8, 4) is 0 Å². The van der Waals surface area contributed by atoms with Crippen LogP contribution in [0.5, 0.6) is 0 Å². The maximum atomic E-state index is 2.38. The molecular weight excluding hydrogens is 153 g/mol. The average molecular weight is 177 g/mol. The van der Waals surface area contributed by atoms with E-state index >= 15 is 0 Å². The lowest BCUT2D eigenvalue weighted by Crippen LogP contribution is -2.21. The van der Waals surface area contributed by atoms with Gasteiger partial charge in [-0.1, -0.05) is 46.5 Å². The lowest BCUT2D eigenvalue weighted by molar-refractivity contribution is 0.321. The van der Waals surface area contributed by atoms with E-state index in [1.54, 1.807) is 0 Å². The van der Waals surface area contributed by atoms with Gasteiger partial charge in [0.25, 0.3) is 0 Å². The van der Waals surface area contributed by atoms with Gasteiger partial charge in [-0.15, -0.1) is 0 Å². The van der Waals surface area contributed by atoms with E-state index in [0.717, 1.165) is 0 Å². The van der Waals surface area contributed by atoms with Crippen LogP contribution < -0.4 is 0 Å². The summed E-state index contributed by atoms with van der Waals surface area (Å²) >= 11 is 0. The quantitative estimate of drug-likeness (QED) is 0.640. The number of hydrogen-bond acceptors (Lipinski definition) is 1. The molecular formula is C10H24FN. The zero-order valence-corrected chi connectivity index (χ0v) is 8.81. The summed E-state index contributed by atoms with van der Waals surface area (Å²) in [6.07, 6.45) is 6.00. The smallest absolute Gasteiger partial charge is 0.00474 e. The van der Waals surface area contributed by atoms with E-state index in [4.69, 9.17) is 0 Å². The second-order valence-corrected chi connectivity index (χ2v) is 3.03. The third kappa shape index (κ3) is 7.99. The highest BCUT2D eigenvalue weighted by molar-refractivity contribution is 4.50. The van der Waals surface area contributed by atoms with Crippen LogP contribution in [0.2, 0.25) is 0 Å². The molecule has 0 heterocycles. The van der Waals surface area contributed by atoms with E-state index in [9.17, 15) is 0 Å². The van der Waals surface area contributed by atoms with Gasteiger partial charge in [0, 0.05) is 0 Å². The highest BCUT2D eigenvalue weighted by Gasteiger charge is 1.95. The van der Waals surface area contributed by atoms with E-state index < -0.39 is 0 Å². The molecule has 0 aromatic carbocycles. The third-order valence-electron chi connectivity index (χ3n) is 2.34. The number of halogens is 1. The van der Waals surface area contributed by atoms with Crippen LogP contribution in [0, 0.1) is 0 Å². The largest absolute Gasteiger partial charge is 0.304 e. The highest BCUT2D eigenvalue weighted by atomic mass is 19.0. The first-order chi connectivity index (χ1) is 5.35. The van der Waals surface area contributed by atoms with Gasteiger partial charge in [0.05, 0.1) is 0 Å². The molecule has 0 aromatic heterocycles. The Labute approximate surface area is 76.5 Å². The van der Waals surface area contributed by atoms with Crippen LogP contribution in [0.15, 0.2) is 0 Å². The molecule has 1 nitrogen and oxygen atoms in total. The summed E-state index contributed by atoms with van der Waals surface area (Å²) in [6.45, 7) is 10.1. The normalized spacial score (nSPS) is 14.0. The first-order valence-corrected chi connectivity index (χ1v) is 5.07. The van der Waals surface area contributed by atoms with Crippen LogP contribution in [-0.4, -0.2) is 24.5 Å². The molecule has 0 saturated heterocycles. The predicted molar refractivity (Wildman–Crippen MR) is 54.4 cm³/mol. The van der Waals surface area contributed by atoms with Crippen LogP contribution in [0.25, 0.3) is 0 Å². The molecule has 12 heavy (non-hydrogen) atoms. The minimum absolute atomic E-state index is 0. The van der Waals surface area contributed by atoms with Crippen molar-refractivity contribution in [2.24, 2.45) is 0 Å². The number of rotatable bonds is 3. The molecule has 1 aliphatic rings. The molecule has 0 unspecified atom stereocenters. The number of nitrogens with zero attached hydrogens (tertiary/aromatic N) is 1. The minimum atomic E-state index is 0. The lowest BCUT2D eigenvalue weighted by atomic mass is 10.0. The summed E-state index contributed by atoms with van der Waals surface area (Å²) < 4.78 is 0. The first kappa shape index (κ1) is 14.4. The van der Waals surface area contributed by atoms with Crippen molar-refractivity contribution in [3.63, 3.8) is 0 Å².